The van der Waals surface area contributed by atoms with Gasteiger partial charge in [0, 0.05) is 12.0 Å². The number of anilines is 1. The van der Waals surface area contributed by atoms with Crippen molar-refractivity contribution >= 4 is 34.5 Å². The number of ether oxygens (including phenoxy) is 1. The molecule has 0 saturated carbocycles. The number of hydrogen-bond donors (Lipinski definition) is 3. The van der Waals surface area contributed by atoms with Crippen LogP contribution in [0, 0.1) is 12.8 Å². The van der Waals surface area contributed by atoms with Crippen molar-refractivity contribution in [2.24, 2.45) is 5.92 Å². The van der Waals surface area contributed by atoms with Gasteiger partial charge in [-0.25, -0.2) is 9.59 Å². The number of amides is 2. The number of nitrogens with zero attached hydrogens (tertiary/aromatic N) is 1. The Morgan fingerprint density at radius 1 is 1.06 bits per heavy atom. The van der Waals surface area contributed by atoms with Crippen LogP contribution >= 0.6 is 11.5 Å². The number of alkyl carbamates (subject to hydrolysis) is 1. The molecule has 1 aliphatic rings. The second-order valence-electron chi connectivity index (χ2n) is 8.31. The van der Waals surface area contributed by atoms with Crippen molar-refractivity contribution in [1.29, 1.82) is 0 Å². The van der Waals surface area contributed by atoms with E-state index in [1.807, 2.05) is 36.4 Å². The fraction of sp³-hybridized carbons (Fsp3) is 0.280. The SMILES string of the molecule is Cc1nsc(NC(=O)C(C)C(C)NC(=O)OCC2c3ccccc3-c3ccccc32)c1C(=O)O. The molecule has 4 rings (SSSR count). The molecule has 2 atom stereocenters. The molecular formula is C25H25N3O5S. The molecular weight excluding hydrogens is 454 g/mol. The van der Waals surface area contributed by atoms with Crippen molar-refractivity contribution in [1.82, 2.24) is 9.69 Å². The molecule has 1 heterocycles. The van der Waals surface area contributed by atoms with Crippen molar-refractivity contribution < 1.29 is 24.2 Å². The van der Waals surface area contributed by atoms with Gasteiger partial charge in [0.15, 0.2) is 0 Å². The number of aryl methyl sites for hydroxylation is 1. The molecule has 1 aliphatic carbocycles. The van der Waals surface area contributed by atoms with E-state index in [4.69, 9.17) is 4.74 Å². The summed E-state index contributed by atoms with van der Waals surface area (Å²) in [5, 5.41) is 14.8. The van der Waals surface area contributed by atoms with Gasteiger partial charge in [0.05, 0.1) is 11.6 Å². The topological polar surface area (TPSA) is 118 Å². The number of carbonyl (C=O) groups is 3. The van der Waals surface area contributed by atoms with Crippen LogP contribution in [0.5, 0.6) is 0 Å². The molecule has 8 nitrogen and oxygen atoms in total. The average molecular weight is 480 g/mol. The standard InChI is InChI=1S/C25H25N3O5S/c1-13(22(29)27-23-21(24(30)31)15(3)28-34-23)14(2)26-25(32)33-12-20-18-10-6-4-8-16(18)17-9-5-7-11-19(17)20/h4-11,13-14,20H,12H2,1-3H3,(H,26,32)(H,27,29)(H,30,31). The maximum absolute atomic E-state index is 12.6. The van der Waals surface area contributed by atoms with Crippen LogP contribution < -0.4 is 10.6 Å². The first kappa shape index (κ1) is 23.4. The molecule has 0 saturated heterocycles. The zero-order chi connectivity index (χ0) is 24.4. The highest BCUT2D eigenvalue weighted by atomic mass is 32.1. The third-order valence-electron chi connectivity index (χ3n) is 6.17. The molecule has 3 N–H and O–H groups in total. The smallest absolute Gasteiger partial charge is 0.407 e. The van der Waals surface area contributed by atoms with Crippen molar-refractivity contribution in [2.45, 2.75) is 32.7 Å². The van der Waals surface area contributed by atoms with E-state index >= 15 is 0 Å². The van der Waals surface area contributed by atoms with E-state index in [1.165, 1.54) is 0 Å². The minimum Gasteiger partial charge on any atom is -0.478 e. The molecule has 176 valence electrons. The van der Waals surface area contributed by atoms with E-state index in [2.05, 4.69) is 27.1 Å². The number of carbonyl (C=O) groups excluding carboxylic acids is 2. The molecule has 0 fully saturated rings. The van der Waals surface area contributed by atoms with Crippen LogP contribution in [0.4, 0.5) is 9.80 Å². The fourth-order valence-corrected chi connectivity index (χ4v) is 4.90. The Hall–Kier alpha value is -3.72. The molecule has 2 aromatic carbocycles. The molecule has 34 heavy (non-hydrogen) atoms. The summed E-state index contributed by atoms with van der Waals surface area (Å²) < 4.78 is 9.54. The van der Waals surface area contributed by atoms with Crippen LogP contribution in [-0.2, 0) is 9.53 Å². The van der Waals surface area contributed by atoms with E-state index in [1.54, 1.807) is 20.8 Å². The van der Waals surface area contributed by atoms with Gasteiger partial charge in [0.25, 0.3) is 0 Å². The molecule has 2 unspecified atom stereocenters. The summed E-state index contributed by atoms with van der Waals surface area (Å²) in [7, 11) is 0. The fourth-order valence-electron chi connectivity index (χ4n) is 4.11. The Kier molecular flexibility index (Phi) is 6.65. The predicted octanol–water partition coefficient (Wildman–Crippen LogP) is 4.65. The molecule has 0 aliphatic heterocycles. The third kappa shape index (κ3) is 4.51. The van der Waals surface area contributed by atoms with Crippen LogP contribution in [0.3, 0.4) is 0 Å². The summed E-state index contributed by atoms with van der Waals surface area (Å²) in [5.41, 5.74) is 4.83. The van der Waals surface area contributed by atoms with Crippen LogP contribution in [-0.4, -0.2) is 40.1 Å². The Morgan fingerprint density at radius 3 is 2.24 bits per heavy atom. The molecule has 0 radical (unpaired) electrons. The van der Waals surface area contributed by atoms with Gasteiger partial charge < -0.3 is 20.5 Å². The lowest BCUT2D eigenvalue weighted by atomic mass is 9.98. The van der Waals surface area contributed by atoms with Gasteiger partial charge in [-0.05, 0) is 47.6 Å². The van der Waals surface area contributed by atoms with Crippen LogP contribution in [0.25, 0.3) is 11.1 Å². The number of nitrogens with one attached hydrogen (secondary N) is 2. The van der Waals surface area contributed by atoms with Gasteiger partial charge in [-0.3, -0.25) is 4.79 Å². The van der Waals surface area contributed by atoms with Crippen LogP contribution in [0.2, 0.25) is 0 Å². The zero-order valence-corrected chi connectivity index (χ0v) is 19.8. The lowest BCUT2D eigenvalue weighted by Gasteiger charge is -2.21. The van der Waals surface area contributed by atoms with E-state index < -0.39 is 29.9 Å². The van der Waals surface area contributed by atoms with Crippen LogP contribution in [0.15, 0.2) is 48.5 Å². The first-order valence-corrected chi connectivity index (χ1v) is 11.7. The number of fused-ring (bicyclic) bond motifs is 3. The number of hydrogen-bond acceptors (Lipinski definition) is 6. The molecule has 2 amide bonds. The maximum atomic E-state index is 12.6. The number of aromatic nitrogens is 1. The van der Waals surface area contributed by atoms with Crippen LogP contribution in [0.1, 0.15) is 46.9 Å². The lowest BCUT2D eigenvalue weighted by Crippen LogP contribution is -2.42. The van der Waals surface area contributed by atoms with Gasteiger partial charge in [0.1, 0.15) is 17.2 Å². The van der Waals surface area contributed by atoms with Gasteiger partial charge >= 0.3 is 12.1 Å². The normalized spacial score (nSPS) is 14.0. The summed E-state index contributed by atoms with van der Waals surface area (Å²) >= 11 is 0.912. The summed E-state index contributed by atoms with van der Waals surface area (Å²) in [6.45, 7) is 5.09. The third-order valence-corrected chi connectivity index (χ3v) is 7.02. The average Bonchev–Trinajstić information content (AvgIpc) is 3.34. The molecule has 3 aromatic rings. The summed E-state index contributed by atoms with van der Waals surface area (Å²) in [6.07, 6.45) is -0.617. The monoisotopic (exact) mass is 479 g/mol. The number of benzene rings is 2. The summed E-state index contributed by atoms with van der Waals surface area (Å²) in [6, 6.07) is 15.6. The number of carboxylic acid groups (broad SMARTS) is 1. The second kappa shape index (κ2) is 9.64. The number of aromatic carboxylic acids is 1. The first-order valence-electron chi connectivity index (χ1n) is 10.9. The molecule has 9 heteroatoms. The lowest BCUT2D eigenvalue weighted by molar-refractivity contribution is -0.120. The van der Waals surface area contributed by atoms with E-state index in [0.717, 1.165) is 33.8 Å². The Labute approximate surface area is 201 Å². The highest BCUT2D eigenvalue weighted by Gasteiger charge is 2.30. The largest absolute Gasteiger partial charge is 0.478 e. The van der Waals surface area contributed by atoms with Gasteiger partial charge in [0.2, 0.25) is 5.91 Å². The quantitative estimate of drug-likeness (QED) is 0.454. The van der Waals surface area contributed by atoms with Gasteiger partial charge in [-0.15, -0.1) is 0 Å². The van der Waals surface area contributed by atoms with Gasteiger partial charge in [-0.2, -0.15) is 4.37 Å². The van der Waals surface area contributed by atoms with Gasteiger partial charge in [-0.1, -0.05) is 55.5 Å². The number of carboxylic acids is 1. The van der Waals surface area contributed by atoms with E-state index in [-0.39, 0.29) is 23.1 Å². The molecule has 0 bridgehead atoms. The Bertz CT molecular complexity index is 1210. The van der Waals surface area contributed by atoms with E-state index in [9.17, 15) is 19.5 Å². The highest BCUT2D eigenvalue weighted by Crippen LogP contribution is 2.44. The molecule has 1 aromatic heterocycles. The summed E-state index contributed by atoms with van der Waals surface area (Å²) in [5.74, 6) is -2.26. The highest BCUT2D eigenvalue weighted by molar-refractivity contribution is 7.11. The van der Waals surface area contributed by atoms with Crippen molar-refractivity contribution in [3.8, 4) is 11.1 Å². The van der Waals surface area contributed by atoms with Crippen molar-refractivity contribution in [3.05, 3.63) is 70.9 Å². The maximum Gasteiger partial charge on any atom is 0.407 e. The van der Waals surface area contributed by atoms with Crippen molar-refractivity contribution in [2.75, 3.05) is 11.9 Å². The second-order valence-corrected chi connectivity index (χ2v) is 9.09. The van der Waals surface area contributed by atoms with Crippen molar-refractivity contribution in [3.63, 3.8) is 0 Å². The minimum absolute atomic E-state index is 0.0253. The first-order chi connectivity index (χ1) is 16.3. The minimum atomic E-state index is -1.15. The Morgan fingerprint density at radius 2 is 1.65 bits per heavy atom. The zero-order valence-electron chi connectivity index (χ0n) is 19.0. The van der Waals surface area contributed by atoms with E-state index in [0.29, 0.717) is 5.69 Å². The predicted molar refractivity (Wildman–Crippen MR) is 129 cm³/mol. The molecule has 0 spiro atoms. The Balaban J connectivity index is 1.35. The summed E-state index contributed by atoms with van der Waals surface area (Å²) in [4.78, 5) is 36.6. The number of rotatable bonds is 7.